The first-order valence-electron chi connectivity index (χ1n) is 9.48. The predicted octanol–water partition coefficient (Wildman–Crippen LogP) is 4.78. The van der Waals surface area contributed by atoms with Crippen LogP contribution in [0.25, 0.3) is 0 Å². The van der Waals surface area contributed by atoms with E-state index in [1.54, 1.807) is 45.0 Å². The lowest BCUT2D eigenvalue weighted by Gasteiger charge is -2.19. The van der Waals surface area contributed by atoms with Crippen LogP contribution in [-0.4, -0.2) is 42.0 Å². The molecule has 0 aliphatic rings. The number of amides is 1. The number of rotatable bonds is 9. The van der Waals surface area contributed by atoms with E-state index >= 15 is 0 Å². The second-order valence-corrected chi connectivity index (χ2v) is 10.7. The number of benzene rings is 1. The van der Waals surface area contributed by atoms with E-state index in [9.17, 15) is 13.2 Å². The van der Waals surface area contributed by atoms with E-state index in [1.807, 2.05) is 6.92 Å². The van der Waals surface area contributed by atoms with Crippen molar-refractivity contribution in [3.05, 3.63) is 52.1 Å². The van der Waals surface area contributed by atoms with E-state index in [0.29, 0.717) is 28.2 Å². The van der Waals surface area contributed by atoms with Gasteiger partial charge in [-0.3, -0.25) is 4.79 Å². The maximum absolute atomic E-state index is 12.6. The molecule has 0 fully saturated rings. The minimum Gasteiger partial charge on any atom is -0.349 e. The summed E-state index contributed by atoms with van der Waals surface area (Å²) >= 11 is 13.4. The third-order valence-corrected chi connectivity index (χ3v) is 8.15. The largest absolute Gasteiger partial charge is 0.349 e. The summed E-state index contributed by atoms with van der Waals surface area (Å²) in [5.41, 5.74) is 0.774. The number of pyridine rings is 1. The standard InChI is InChI=1S/C20H25Cl2N3O3S2/c1-5-25(6-2)30(27,28)16-8-10-19(23-12-16)29-14(4)20(26)24-13(3)17-9-7-15(21)11-18(17)22/h7-14H,5-6H2,1-4H3,(H,24,26). The van der Waals surface area contributed by atoms with Gasteiger partial charge >= 0.3 is 0 Å². The van der Waals surface area contributed by atoms with Gasteiger partial charge in [-0.15, -0.1) is 0 Å². The van der Waals surface area contributed by atoms with Crippen molar-refractivity contribution >= 4 is 50.9 Å². The molecule has 6 nitrogen and oxygen atoms in total. The fraction of sp³-hybridized carbons (Fsp3) is 0.400. The second kappa shape index (κ2) is 10.8. The predicted molar refractivity (Wildman–Crippen MR) is 123 cm³/mol. The van der Waals surface area contributed by atoms with Gasteiger partial charge in [-0.05, 0) is 43.7 Å². The zero-order valence-corrected chi connectivity index (χ0v) is 20.4. The van der Waals surface area contributed by atoms with Crippen molar-refractivity contribution < 1.29 is 13.2 Å². The van der Waals surface area contributed by atoms with E-state index in [0.717, 1.165) is 5.56 Å². The summed E-state index contributed by atoms with van der Waals surface area (Å²) in [5, 5.41) is 4.07. The van der Waals surface area contributed by atoms with E-state index in [4.69, 9.17) is 23.2 Å². The third kappa shape index (κ3) is 6.11. The number of halogens is 2. The van der Waals surface area contributed by atoms with E-state index in [1.165, 1.54) is 28.3 Å². The summed E-state index contributed by atoms with van der Waals surface area (Å²) in [4.78, 5) is 16.9. The molecule has 2 atom stereocenters. The van der Waals surface area contributed by atoms with Crippen LogP contribution in [0.4, 0.5) is 0 Å². The van der Waals surface area contributed by atoms with Gasteiger partial charge in [-0.1, -0.05) is 54.9 Å². The van der Waals surface area contributed by atoms with Crippen LogP contribution in [0.15, 0.2) is 46.5 Å². The third-order valence-electron chi connectivity index (χ3n) is 4.51. The van der Waals surface area contributed by atoms with Crippen molar-refractivity contribution in [3.8, 4) is 0 Å². The molecule has 0 saturated carbocycles. The highest BCUT2D eigenvalue weighted by atomic mass is 35.5. The second-order valence-electron chi connectivity index (χ2n) is 6.58. The molecule has 1 aromatic heterocycles. The van der Waals surface area contributed by atoms with Gasteiger partial charge in [0.1, 0.15) is 4.90 Å². The molecule has 0 radical (unpaired) electrons. The number of thioether (sulfide) groups is 1. The fourth-order valence-corrected chi connectivity index (χ4v) is 5.57. The van der Waals surface area contributed by atoms with Crippen LogP contribution >= 0.6 is 35.0 Å². The Morgan fingerprint density at radius 1 is 1.17 bits per heavy atom. The van der Waals surface area contributed by atoms with E-state index in [-0.39, 0.29) is 16.8 Å². The molecule has 0 aliphatic carbocycles. The van der Waals surface area contributed by atoms with Gasteiger partial charge in [-0.25, -0.2) is 13.4 Å². The lowest BCUT2D eigenvalue weighted by Crippen LogP contribution is -2.33. The number of sulfonamides is 1. The molecule has 2 rings (SSSR count). The Hall–Kier alpha value is -1.32. The van der Waals surface area contributed by atoms with Gasteiger partial charge in [-0.2, -0.15) is 4.31 Å². The molecule has 1 N–H and O–H groups in total. The van der Waals surface area contributed by atoms with Crippen LogP contribution < -0.4 is 5.32 Å². The molecular weight excluding hydrogens is 465 g/mol. The minimum absolute atomic E-state index is 0.138. The van der Waals surface area contributed by atoms with Crippen molar-refractivity contribution in [2.75, 3.05) is 13.1 Å². The van der Waals surface area contributed by atoms with Crippen LogP contribution in [-0.2, 0) is 14.8 Å². The molecular formula is C20H25Cl2N3O3S2. The maximum atomic E-state index is 12.6. The molecule has 0 saturated heterocycles. The summed E-state index contributed by atoms with van der Waals surface area (Å²) in [6.07, 6.45) is 1.33. The van der Waals surface area contributed by atoms with Crippen molar-refractivity contribution in [1.82, 2.24) is 14.6 Å². The van der Waals surface area contributed by atoms with Crippen molar-refractivity contribution in [1.29, 1.82) is 0 Å². The Morgan fingerprint density at radius 3 is 2.37 bits per heavy atom. The Bertz CT molecular complexity index is 981. The Balaban J connectivity index is 2.03. The first kappa shape index (κ1) is 24.9. The summed E-state index contributed by atoms with van der Waals surface area (Å²) in [7, 11) is -3.56. The maximum Gasteiger partial charge on any atom is 0.244 e. The first-order chi connectivity index (χ1) is 14.1. The fourth-order valence-electron chi connectivity index (χ4n) is 2.80. The Labute approximate surface area is 192 Å². The van der Waals surface area contributed by atoms with Crippen LogP contribution in [0.3, 0.4) is 0 Å². The van der Waals surface area contributed by atoms with Gasteiger partial charge < -0.3 is 5.32 Å². The van der Waals surface area contributed by atoms with Gasteiger partial charge in [0, 0.05) is 29.3 Å². The molecule has 0 aliphatic heterocycles. The SMILES string of the molecule is CCN(CC)S(=O)(=O)c1ccc(SC(C)C(=O)NC(C)c2ccc(Cl)cc2Cl)nc1. The molecule has 1 heterocycles. The quantitative estimate of drug-likeness (QED) is 0.512. The summed E-state index contributed by atoms with van der Waals surface area (Å²) in [6, 6.07) is 7.98. The molecule has 1 aromatic carbocycles. The molecule has 164 valence electrons. The molecule has 30 heavy (non-hydrogen) atoms. The lowest BCUT2D eigenvalue weighted by molar-refractivity contribution is -0.120. The van der Waals surface area contributed by atoms with Crippen molar-refractivity contribution in [2.24, 2.45) is 0 Å². The van der Waals surface area contributed by atoms with E-state index in [2.05, 4.69) is 10.3 Å². The van der Waals surface area contributed by atoms with Gasteiger partial charge in [0.05, 0.1) is 16.3 Å². The first-order valence-corrected chi connectivity index (χ1v) is 12.6. The normalized spacial score (nSPS) is 13.8. The monoisotopic (exact) mass is 489 g/mol. The average molecular weight is 490 g/mol. The topological polar surface area (TPSA) is 79.4 Å². The summed E-state index contributed by atoms with van der Waals surface area (Å²) in [6.45, 7) is 7.97. The number of hydrogen-bond acceptors (Lipinski definition) is 5. The molecule has 10 heteroatoms. The highest BCUT2D eigenvalue weighted by Gasteiger charge is 2.23. The number of nitrogens with zero attached hydrogens (tertiary/aromatic N) is 2. The van der Waals surface area contributed by atoms with Crippen molar-refractivity contribution in [3.63, 3.8) is 0 Å². The number of carbonyl (C=O) groups is 1. The van der Waals surface area contributed by atoms with E-state index < -0.39 is 15.3 Å². The van der Waals surface area contributed by atoms with Gasteiger partial charge in [0.2, 0.25) is 15.9 Å². The van der Waals surface area contributed by atoms with Gasteiger partial charge in [0.25, 0.3) is 0 Å². The number of hydrogen-bond donors (Lipinski definition) is 1. The van der Waals surface area contributed by atoms with Crippen LogP contribution in [0.2, 0.25) is 10.0 Å². The Kier molecular flexibility index (Phi) is 8.99. The molecule has 0 bridgehead atoms. The van der Waals surface area contributed by atoms with Crippen LogP contribution in [0.1, 0.15) is 39.3 Å². The number of nitrogens with one attached hydrogen (secondary N) is 1. The summed E-state index contributed by atoms with van der Waals surface area (Å²) < 4.78 is 26.4. The van der Waals surface area contributed by atoms with Crippen molar-refractivity contribution in [2.45, 2.75) is 48.9 Å². The molecule has 1 amide bonds. The molecule has 2 unspecified atom stereocenters. The van der Waals surface area contributed by atoms with Crippen LogP contribution in [0.5, 0.6) is 0 Å². The zero-order valence-electron chi connectivity index (χ0n) is 17.2. The summed E-state index contributed by atoms with van der Waals surface area (Å²) in [5.74, 6) is -0.180. The average Bonchev–Trinajstić information content (AvgIpc) is 2.68. The highest BCUT2D eigenvalue weighted by Crippen LogP contribution is 2.28. The molecule has 0 spiro atoms. The number of carbonyl (C=O) groups excluding carboxylic acids is 1. The number of aromatic nitrogens is 1. The smallest absolute Gasteiger partial charge is 0.244 e. The highest BCUT2D eigenvalue weighted by molar-refractivity contribution is 8.00. The minimum atomic E-state index is -3.56. The Morgan fingerprint density at radius 2 is 1.83 bits per heavy atom. The van der Waals surface area contributed by atoms with Crippen LogP contribution in [0, 0.1) is 0 Å². The van der Waals surface area contributed by atoms with Gasteiger partial charge in [0.15, 0.2) is 0 Å². The molecule has 2 aromatic rings. The zero-order chi connectivity index (χ0) is 22.5. The lowest BCUT2D eigenvalue weighted by atomic mass is 10.1.